The summed E-state index contributed by atoms with van der Waals surface area (Å²) in [5.41, 5.74) is 10.1. The lowest BCUT2D eigenvalue weighted by atomic mass is 9.74. The quantitative estimate of drug-likeness (QED) is 0.908. The minimum absolute atomic E-state index is 0.202. The number of benzene rings is 1. The molecule has 1 aromatic carbocycles. The molecule has 1 aliphatic rings. The molecule has 3 heteroatoms. The van der Waals surface area contributed by atoms with E-state index in [1.165, 1.54) is 30.4 Å². The Labute approximate surface area is 116 Å². The van der Waals surface area contributed by atoms with E-state index in [1.54, 1.807) is 14.2 Å². The van der Waals surface area contributed by atoms with Crippen LogP contribution in [-0.2, 0) is 5.54 Å². The Morgan fingerprint density at radius 1 is 1.05 bits per heavy atom. The summed E-state index contributed by atoms with van der Waals surface area (Å²) in [4.78, 5) is 0. The Hall–Kier alpha value is -1.22. The molecule has 0 radical (unpaired) electrons. The van der Waals surface area contributed by atoms with Crippen molar-refractivity contribution in [2.45, 2.75) is 51.5 Å². The highest BCUT2D eigenvalue weighted by molar-refractivity contribution is 5.56. The SMILES string of the molecule is COc1cc(C)c(C2(N)CCCCC2)c(C)c1OC. The molecular weight excluding hydrogens is 238 g/mol. The zero-order valence-electron chi connectivity index (χ0n) is 12.5. The van der Waals surface area contributed by atoms with E-state index in [0.29, 0.717) is 0 Å². The number of ether oxygens (including phenoxy) is 2. The van der Waals surface area contributed by atoms with Gasteiger partial charge in [0, 0.05) is 11.1 Å². The van der Waals surface area contributed by atoms with E-state index in [2.05, 4.69) is 13.8 Å². The molecule has 1 fully saturated rings. The van der Waals surface area contributed by atoms with E-state index in [1.807, 2.05) is 6.07 Å². The minimum Gasteiger partial charge on any atom is -0.493 e. The van der Waals surface area contributed by atoms with Crippen molar-refractivity contribution in [2.24, 2.45) is 5.73 Å². The second-order valence-corrected chi connectivity index (χ2v) is 5.65. The molecule has 0 atom stereocenters. The fourth-order valence-corrected chi connectivity index (χ4v) is 3.53. The van der Waals surface area contributed by atoms with Crippen molar-refractivity contribution < 1.29 is 9.47 Å². The third kappa shape index (κ3) is 2.44. The largest absolute Gasteiger partial charge is 0.493 e. The van der Waals surface area contributed by atoms with E-state index < -0.39 is 0 Å². The average Bonchev–Trinajstić information content (AvgIpc) is 2.38. The van der Waals surface area contributed by atoms with E-state index >= 15 is 0 Å². The van der Waals surface area contributed by atoms with Crippen molar-refractivity contribution in [3.63, 3.8) is 0 Å². The van der Waals surface area contributed by atoms with Gasteiger partial charge in [0.1, 0.15) is 0 Å². The smallest absolute Gasteiger partial charge is 0.163 e. The average molecular weight is 263 g/mol. The van der Waals surface area contributed by atoms with Crippen molar-refractivity contribution in [1.29, 1.82) is 0 Å². The summed E-state index contributed by atoms with van der Waals surface area (Å²) < 4.78 is 10.9. The van der Waals surface area contributed by atoms with E-state index in [9.17, 15) is 0 Å². The molecule has 1 aliphatic carbocycles. The fraction of sp³-hybridized carbons (Fsp3) is 0.625. The van der Waals surface area contributed by atoms with Gasteiger partial charge in [0.2, 0.25) is 0 Å². The van der Waals surface area contributed by atoms with Gasteiger partial charge in [-0.3, -0.25) is 0 Å². The van der Waals surface area contributed by atoms with Gasteiger partial charge in [-0.2, -0.15) is 0 Å². The summed E-state index contributed by atoms with van der Waals surface area (Å²) >= 11 is 0. The summed E-state index contributed by atoms with van der Waals surface area (Å²) in [6.45, 7) is 4.21. The number of hydrogen-bond acceptors (Lipinski definition) is 3. The molecule has 0 amide bonds. The molecule has 106 valence electrons. The zero-order valence-corrected chi connectivity index (χ0v) is 12.5. The van der Waals surface area contributed by atoms with E-state index in [4.69, 9.17) is 15.2 Å². The first-order chi connectivity index (χ1) is 9.03. The van der Waals surface area contributed by atoms with Gasteiger partial charge in [0.15, 0.2) is 11.5 Å². The molecule has 0 unspecified atom stereocenters. The van der Waals surface area contributed by atoms with Crippen LogP contribution in [0.5, 0.6) is 11.5 Å². The predicted molar refractivity (Wildman–Crippen MR) is 78.0 cm³/mol. The van der Waals surface area contributed by atoms with Crippen LogP contribution in [0.15, 0.2) is 6.07 Å². The number of hydrogen-bond donors (Lipinski definition) is 1. The lowest BCUT2D eigenvalue weighted by Crippen LogP contribution is -2.40. The minimum atomic E-state index is -0.202. The van der Waals surface area contributed by atoms with Crippen LogP contribution >= 0.6 is 0 Å². The van der Waals surface area contributed by atoms with Crippen molar-refractivity contribution in [1.82, 2.24) is 0 Å². The Balaban J connectivity index is 2.56. The van der Waals surface area contributed by atoms with Crippen molar-refractivity contribution in [3.05, 3.63) is 22.8 Å². The number of methoxy groups -OCH3 is 2. The highest BCUT2D eigenvalue weighted by atomic mass is 16.5. The zero-order chi connectivity index (χ0) is 14.0. The lowest BCUT2D eigenvalue weighted by molar-refractivity contribution is 0.295. The standard InChI is InChI=1S/C16H25NO2/c1-11-10-13(18-3)15(19-4)12(2)14(11)16(17)8-6-5-7-9-16/h10H,5-9,17H2,1-4H3. The topological polar surface area (TPSA) is 44.5 Å². The van der Waals surface area contributed by atoms with Crippen molar-refractivity contribution in [3.8, 4) is 11.5 Å². The van der Waals surface area contributed by atoms with E-state index in [-0.39, 0.29) is 5.54 Å². The van der Waals surface area contributed by atoms with Gasteiger partial charge in [-0.25, -0.2) is 0 Å². The summed E-state index contributed by atoms with van der Waals surface area (Å²) in [5, 5.41) is 0. The Morgan fingerprint density at radius 2 is 1.68 bits per heavy atom. The van der Waals surface area contributed by atoms with E-state index in [0.717, 1.165) is 29.9 Å². The molecule has 0 spiro atoms. The highest BCUT2D eigenvalue weighted by Gasteiger charge is 2.33. The third-order valence-corrected chi connectivity index (χ3v) is 4.35. The molecule has 0 heterocycles. The number of aryl methyl sites for hydroxylation is 1. The van der Waals surface area contributed by atoms with Gasteiger partial charge in [-0.1, -0.05) is 19.3 Å². The van der Waals surface area contributed by atoms with Gasteiger partial charge in [-0.05, 0) is 43.9 Å². The van der Waals surface area contributed by atoms with Crippen LogP contribution in [0.3, 0.4) is 0 Å². The molecule has 1 saturated carbocycles. The van der Waals surface area contributed by atoms with Gasteiger partial charge in [0.25, 0.3) is 0 Å². The predicted octanol–water partition coefficient (Wildman–Crippen LogP) is 3.44. The maximum absolute atomic E-state index is 6.70. The summed E-state index contributed by atoms with van der Waals surface area (Å²) in [6, 6.07) is 2.05. The number of nitrogens with two attached hydrogens (primary N) is 1. The van der Waals surface area contributed by atoms with Crippen molar-refractivity contribution >= 4 is 0 Å². The summed E-state index contributed by atoms with van der Waals surface area (Å²) in [7, 11) is 3.36. The Kier molecular flexibility index (Phi) is 4.04. The first-order valence-corrected chi connectivity index (χ1v) is 7.05. The molecule has 2 rings (SSSR count). The van der Waals surface area contributed by atoms with Gasteiger partial charge < -0.3 is 15.2 Å². The molecule has 0 aromatic heterocycles. The number of rotatable bonds is 3. The molecule has 0 bridgehead atoms. The van der Waals surface area contributed by atoms with Gasteiger partial charge in [0.05, 0.1) is 14.2 Å². The third-order valence-electron chi connectivity index (χ3n) is 4.35. The molecular formula is C16H25NO2. The molecule has 0 saturated heterocycles. The second-order valence-electron chi connectivity index (χ2n) is 5.65. The first kappa shape index (κ1) is 14.2. The van der Waals surface area contributed by atoms with Crippen LogP contribution < -0.4 is 15.2 Å². The van der Waals surface area contributed by atoms with Gasteiger partial charge >= 0.3 is 0 Å². The van der Waals surface area contributed by atoms with Crippen LogP contribution in [0, 0.1) is 13.8 Å². The Morgan fingerprint density at radius 3 is 2.21 bits per heavy atom. The molecule has 2 N–H and O–H groups in total. The Bertz CT molecular complexity index is 462. The summed E-state index contributed by atoms with van der Waals surface area (Å²) in [6.07, 6.45) is 5.84. The molecule has 0 aliphatic heterocycles. The summed E-state index contributed by atoms with van der Waals surface area (Å²) in [5.74, 6) is 1.61. The normalized spacial score (nSPS) is 18.2. The molecule has 3 nitrogen and oxygen atoms in total. The fourth-order valence-electron chi connectivity index (χ4n) is 3.53. The molecule has 1 aromatic rings. The highest BCUT2D eigenvalue weighted by Crippen LogP contribution is 2.43. The first-order valence-electron chi connectivity index (χ1n) is 7.05. The van der Waals surface area contributed by atoms with Crippen LogP contribution in [0.1, 0.15) is 48.8 Å². The van der Waals surface area contributed by atoms with Crippen LogP contribution in [0.2, 0.25) is 0 Å². The van der Waals surface area contributed by atoms with Crippen LogP contribution in [-0.4, -0.2) is 14.2 Å². The molecule has 19 heavy (non-hydrogen) atoms. The van der Waals surface area contributed by atoms with Crippen LogP contribution in [0.4, 0.5) is 0 Å². The second kappa shape index (κ2) is 5.41. The van der Waals surface area contributed by atoms with Crippen LogP contribution in [0.25, 0.3) is 0 Å². The monoisotopic (exact) mass is 263 g/mol. The maximum atomic E-state index is 6.70. The van der Waals surface area contributed by atoms with Crippen molar-refractivity contribution in [2.75, 3.05) is 14.2 Å². The maximum Gasteiger partial charge on any atom is 0.163 e. The van der Waals surface area contributed by atoms with Gasteiger partial charge in [-0.15, -0.1) is 0 Å². The lowest BCUT2D eigenvalue weighted by Gasteiger charge is -2.37.